The van der Waals surface area contributed by atoms with Crippen molar-refractivity contribution in [1.29, 1.82) is 0 Å². The van der Waals surface area contributed by atoms with E-state index in [4.69, 9.17) is 16.7 Å². The molecule has 0 aliphatic heterocycles. The van der Waals surface area contributed by atoms with E-state index in [2.05, 4.69) is 0 Å². The molecule has 25 heavy (non-hydrogen) atoms. The van der Waals surface area contributed by atoms with Gasteiger partial charge in [-0.25, -0.2) is 13.0 Å². The Bertz CT molecular complexity index is 673. The van der Waals surface area contributed by atoms with E-state index in [1.807, 2.05) is 0 Å². The van der Waals surface area contributed by atoms with Gasteiger partial charge in [-0.05, 0) is 56.6 Å². The van der Waals surface area contributed by atoms with Gasteiger partial charge in [0.05, 0.1) is 21.7 Å². The molecule has 9 heteroatoms. The van der Waals surface area contributed by atoms with Crippen molar-refractivity contribution in [3.05, 3.63) is 34.4 Å². The Balaban J connectivity index is 2.35. The van der Waals surface area contributed by atoms with Crippen molar-refractivity contribution in [2.24, 2.45) is 17.0 Å². The third kappa shape index (κ3) is 4.34. The number of halogens is 6. The van der Waals surface area contributed by atoms with Crippen LogP contribution in [-0.2, 0) is 11.0 Å². The standard InChI is InChI=1S/C16H19ClF5NOS/c1-15(2,25(23)24)7-11(8-5-9(6-8)16(20,21)22)10-3-4-12(18)13(17)14(10)19/h3-4,8-9,11H,5-7,23H2,1-2H3/t8?,9?,11-,25?/m1/s1. The van der Waals surface area contributed by atoms with E-state index >= 15 is 0 Å². The van der Waals surface area contributed by atoms with E-state index < -0.39 is 56.3 Å². The van der Waals surface area contributed by atoms with Crippen molar-refractivity contribution in [1.82, 2.24) is 0 Å². The summed E-state index contributed by atoms with van der Waals surface area (Å²) in [6, 6.07) is 2.18. The topological polar surface area (TPSA) is 43.1 Å². The van der Waals surface area contributed by atoms with Gasteiger partial charge in [0.15, 0.2) is 0 Å². The summed E-state index contributed by atoms with van der Waals surface area (Å²) in [5, 5.41) is 4.76. The minimum atomic E-state index is -4.30. The van der Waals surface area contributed by atoms with Gasteiger partial charge >= 0.3 is 6.18 Å². The Morgan fingerprint density at radius 1 is 1.28 bits per heavy atom. The van der Waals surface area contributed by atoms with Crippen molar-refractivity contribution in [2.75, 3.05) is 0 Å². The monoisotopic (exact) mass is 403 g/mol. The van der Waals surface area contributed by atoms with Crippen LogP contribution in [0.2, 0.25) is 5.02 Å². The Labute approximate surface area is 150 Å². The van der Waals surface area contributed by atoms with Crippen LogP contribution in [0.25, 0.3) is 0 Å². The molecule has 1 unspecified atom stereocenters. The van der Waals surface area contributed by atoms with Gasteiger partial charge in [-0.1, -0.05) is 17.7 Å². The maximum Gasteiger partial charge on any atom is 0.391 e. The van der Waals surface area contributed by atoms with Crippen molar-refractivity contribution >= 4 is 22.6 Å². The summed E-state index contributed by atoms with van der Waals surface area (Å²) >= 11 is 5.61. The number of hydrogen-bond acceptors (Lipinski definition) is 1. The third-order valence-corrected chi connectivity index (χ3v) is 6.53. The van der Waals surface area contributed by atoms with Crippen LogP contribution < -0.4 is 5.14 Å². The van der Waals surface area contributed by atoms with E-state index in [9.17, 15) is 26.2 Å². The molecular formula is C16H19ClF5NOS. The first-order chi connectivity index (χ1) is 11.3. The molecule has 0 saturated heterocycles. The van der Waals surface area contributed by atoms with Crippen LogP contribution in [0.15, 0.2) is 12.1 Å². The molecule has 1 aliphatic carbocycles. The lowest BCUT2D eigenvalue weighted by molar-refractivity contribution is -0.206. The van der Waals surface area contributed by atoms with E-state index in [0.717, 1.165) is 6.07 Å². The van der Waals surface area contributed by atoms with Gasteiger partial charge in [-0.15, -0.1) is 0 Å². The largest absolute Gasteiger partial charge is 0.391 e. The van der Waals surface area contributed by atoms with Gasteiger partial charge in [0.1, 0.15) is 16.7 Å². The highest BCUT2D eigenvalue weighted by molar-refractivity contribution is 7.84. The summed E-state index contributed by atoms with van der Waals surface area (Å²) < 4.78 is 77.0. The van der Waals surface area contributed by atoms with Crippen LogP contribution in [0.3, 0.4) is 0 Å². The van der Waals surface area contributed by atoms with Crippen molar-refractivity contribution in [3.8, 4) is 0 Å². The van der Waals surface area contributed by atoms with Crippen molar-refractivity contribution in [2.45, 2.75) is 50.0 Å². The number of hydrogen-bond donors (Lipinski definition) is 1. The number of alkyl halides is 3. The fourth-order valence-electron chi connectivity index (χ4n) is 3.23. The number of nitrogens with two attached hydrogens (primary N) is 1. The summed E-state index contributed by atoms with van der Waals surface area (Å²) in [7, 11) is -1.76. The average Bonchev–Trinajstić information content (AvgIpc) is 2.40. The first-order valence-electron chi connectivity index (χ1n) is 7.71. The van der Waals surface area contributed by atoms with Crippen LogP contribution in [-0.4, -0.2) is 15.1 Å². The van der Waals surface area contributed by atoms with Crippen LogP contribution >= 0.6 is 11.6 Å². The van der Waals surface area contributed by atoms with Crippen LogP contribution in [0.1, 0.15) is 44.6 Å². The first kappa shape index (κ1) is 20.6. The minimum absolute atomic E-state index is 0.0375. The first-order valence-corrected chi connectivity index (χ1v) is 9.30. The van der Waals surface area contributed by atoms with E-state index in [0.29, 0.717) is 0 Å². The zero-order chi connectivity index (χ0) is 19.2. The lowest BCUT2D eigenvalue weighted by Crippen LogP contribution is -2.42. The Morgan fingerprint density at radius 3 is 2.32 bits per heavy atom. The van der Waals surface area contributed by atoms with Gasteiger partial charge in [-0.2, -0.15) is 13.2 Å². The van der Waals surface area contributed by atoms with Crippen molar-refractivity contribution < 1.29 is 26.2 Å². The Hall–Kier alpha value is -0.730. The van der Waals surface area contributed by atoms with Crippen LogP contribution in [0.4, 0.5) is 22.0 Å². The average molecular weight is 404 g/mol. The zero-order valence-electron chi connectivity index (χ0n) is 13.7. The molecule has 1 aromatic rings. The Morgan fingerprint density at radius 2 is 1.84 bits per heavy atom. The van der Waals surface area contributed by atoms with E-state index in [1.54, 1.807) is 13.8 Å². The second-order valence-corrected chi connectivity index (χ2v) is 9.18. The van der Waals surface area contributed by atoms with Gasteiger partial charge in [0, 0.05) is 0 Å². The molecule has 2 nitrogen and oxygen atoms in total. The minimum Gasteiger partial charge on any atom is -0.251 e. The lowest BCUT2D eigenvalue weighted by atomic mass is 9.64. The number of rotatable bonds is 5. The van der Waals surface area contributed by atoms with E-state index in [1.165, 1.54) is 6.07 Å². The summed E-state index contributed by atoms with van der Waals surface area (Å²) in [5.41, 5.74) is 0.0375. The lowest BCUT2D eigenvalue weighted by Gasteiger charge is -2.43. The molecule has 2 atom stereocenters. The summed E-state index contributed by atoms with van der Waals surface area (Å²) in [6.07, 6.45) is -4.51. The predicted molar refractivity (Wildman–Crippen MR) is 87.4 cm³/mol. The molecule has 0 bridgehead atoms. The highest BCUT2D eigenvalue weighted by Gasteiger charge is 2.51. The molecule has 1 saturated carbocycles. The zero-order valence-corrected chi connectivity index (χ0v) is 15.2. The molecule has 0 heterocycles. The predicted octanol–water partition coefficient (Wildman–Crippen LogP) is 5.08. The molecule has 142 valence electrons. The molecule has 0 spiro atoms. The molecular weight excluding hydrogens is 385 g/mol. The molecule has 0 amide bonds. The van der Waals surface area contributed by atoms with Crippen LogP contribution in [0.5, 0.6) is 0 Å². The maximum absolute atomic E-state index is 14.4. The normalized spacial score (nSPS) is 23.9. The SMILES string of the molecule is CC(C)(C[C@@H](c1ccc(F)c(Cl)c1F)C1CC(C(F)(F)F)C1)S(N)=O. The van der Waals surface area contributed by atoms with Gasteiger partial charge in [-0.3, -0.25) is 5.14 Å². The second kappa shape index (κ2) is 7.12. The third-order valence-electron chi connectivity index (χ3n) is 4.93. The fraction of sp³-hybridized carbons (Fsp3) is 0.625. The molecule has 0 aromatic heterocycles. The highest BCUT2D eigenvalue weighted by atomic mass is 35.5. The quantitative estimate of drug-likeness (QED) is 0.540. The molecule has 2 N–H and O–H groups in total. The Kier molecular flexibility index (Phi) is 5.86. The van der Waals surface area contributed by atoms with Gasteiger partial charge in [0.25, 0.3) is 0 Å². The molecule has 0 radical (unpaired) electrons. The van der Waals surface area contributed by atoms with E-state index in [-0.39, 0.29) is 24.8 Å². The molecule has 1 aromatic carbocycles. The molecule has 1 fully saturated rings. The van der Waals surface area contributed by atoms with Crippen molar-refractivity contribution in [3.63, 3.8) is 0 Å². The highest BCUT2D eigenvalue weighted by Crippen LogP contribution is 2.53. The smallest absolute Gasteiger partial charge is 0.251 e. The maximum atomic E-state index is 14.4. The molecule has 1 aliphatic rings. The molecule has 2 rings (SSSR count). The summed E-state index contributed by atoms with van der Waals surface area (Å²) in [5.74, 6) is -4.51. The van der Waals surface area contributed by atoms with Gasteiger partial charge < -0.3 is 0 Å². The fourth-order valence-corrected chi connectivity index (χ4v) is 3.74. The van der Waals surface area contributed by atoms with Crippen LogP contribution in [0, 0.1) is 23.5 Å². The summed E-state index contributed by atoms with van der Waals surface area (Å²) in [4.78, 5) is 0. The summed E-state index contributed by atoms with van der Waals surface area (Å²) in [6.45, 7) is 3.19. The van der Waals surface area contributed by atoms with Gasteiger partial charge in [0.2, 0.25) is 0 Å². The number of benzene rings is 1. The second-order valence-electron chi connectivity index (χ2n) is 7.10.